The van der Waals surface area contributed by atoms with E-state index in [2.05, 4.69) is 38.1 Å². The summed E-state index contributed by atoms with van der Waals surface area (Å²) in [6.45, 7) is 4.38. The Hall–Kier alpha value is -0.860. The lowest BCUT2D eigenvalue weighted by Gasteiger charge is -2.11. The third-order valence-electron chi connectivity index (χ3n) is 3.95. The number of aryl methyl sites for hydroxylation is 2. The molecule has 0 aliphatic rings. The second-order valence-corrected chi connectivity index (χ2v) is 5.99. The standard InChI is InChI=1S/C18H32N2/c1-3-5-17(19)13-11-15-7-9-16(10-8-15)12-14-18(20)6-4-2/h7-10,17-18H,3-6,11-14,19-20H2,1-2H3. The summed E-state index contributed by atoms with van der Waals surface area (Å²) in [7, 11) is 0. The zero-order valence-electron chi connectivity index (χ0n) is 13.3. The molecule has 2 nitrogen and oxygen atoms in total. The van der Waals surface area contributed by atoms with Crippen LogP contribution in [0.2, 0.25) is 0 Å². The summed E-state index contributed by atoms with van der Waals surface area (Å²) in [5.74, 6) is 0. The van der Waals surface area contributed by atoms with Crippen LogP contribution in [0, 0.1) is 0 Å². The molecule has 0 saturated heterocycles. The highest BCUT2D eigenvalue weighted by atomic mass is 14.6. The number of hydrogen-bond donors (Lipinski definition) is 2. The normalized spacial score (nSPS) is 14.2. The molecular formula is C18H32N2. The average Bonchev–Trinajstić information content (AvgIpc) is 2.45. The number of benzene rings is 1. The lowest BCUT2D eigenvalue weighted by Crippen LogP contribution is -2.20. The molecule has 4 N–H and O–H groups in total. The van der Waals surface area contributed by atoms with Crippen molar-refractivity contribution in [3.05, 3.63) is 35.4 Å². The van der Waals surface area contributed by atoms with Gasteiger partial charge in [0.25, 0.3) is 0 Å². The molecule has 114 valence electrons. The quantitative estimate of drug-likeness (QED) is 0.683. The first-order valence-corrected chi connectivity index (χ1v) is 8.24. The fourth-order valence-corrected chi connectivity index (χ4v) is 2.61. The van der Waals surface area contributed by atoms with Crippen LogP contribution in [-0.4, -0.2) is 12.1 Å². The van der Waals surface area contributed by atoms with Crippen molar-refractivity contribution in [3.8, 4) is 0 Å². The van der Waals surface area contributed by atoms with Gasteiger partial charge >= 0.3 is 0 Å². The molecule has 2 atom stereocenters. The monoisotopic (exact) mass is 276 g/mol. The zero-order chi connectivity index (χ0) is 14.8. The third kappa shape index (κ3) is 7.06. The van der Waals surface area contributed by atoms with E-state index < -0.39 is 0 Å². The van der Waals surface area contributed by atoms with E-state index in [-0.39, 0.29) is 0 Å². The van der Waals surface area contributed by atoms with Gasteiger partial charge in [-0.2, -0.15) is 0 Å². The van der Waals surface area contributed by atoms with Gasteiger partial charge in [-0.15, -0.1) is 0 Å². The van der Waals surface area contributed by atoms with Gasteiger partial charge in [0, 0.05) is 12.1 Å². The predicted octanol–water partition coefficient (Wildman–Crippen LogP) is 3.81. The maximum atomic E-state index is 6.06. The minimum Gasteiger partial charge on any atom is -0.328 e. The van der Waals surface area contributed by atoms with E-state index in [0.717, 1.165) is 38.5 Å². The van der Waals surface area contributed by atoms with Crippen molar-refractivity contribution in [1.29, 1.82) is 0 Å². The van der Waals surface area contributed by atoms with Crippen LogP contribution in [0.4, 0.5) is 0 Å². The molecule has 0 bridgehead atoms. The number of hydrogen-bond acceptors (Lipinski definition) is 2. The fraction of sp³-hybridized carbons (Fsp3) is 0.667. The maximum Gasteiger partial charge on any atom is 0.00418 e. The third-order valence-corrected chi connectivity index (χ3v) is 3.95. The fourth-order valence-electron chi connectivity index (χ4n) is 2.61. The van der Waals surface area contributed by atoms with E-state index in [9.17, 15) is 0 Å². The van der Waals surface area contributed by atoms with Gasteiger partial charge in [0.1, 0.15) is 0 Å². The summed E-state index contributed by atoms with van der Waals surface area (Å²) in [6.07, 6.45) is 8.99. The number of rotatable bonds is 10. The minimum atomic E-state index is 0.353. The zero-order valence-corrected chi connectivity index (χ0v) is 13.3. The van der Waals surface area contributed by atoms with Crippen molar-refractivity contribution in [2.75, 3.05) is 0 Å². The van der Waals surface area contributed by atoms with Crippen LogP contribution in [0.3, 0.4) is 0 Å². The van der Waals surface area contributed by atoms with E-state index in [1.807, 2.05) is 0 Å². The summed E-state index contributed by atoms with van der Waals surface area (Å²) in [5.41, 5.74) is 14.9. The van der Waals surface area contributed by atoms with Crippen LogP contribution in [-0.2, 0) is 12.8 Å². The molecule has 1 rings (SSSR count). The van der Waals surface area contributed by atoms with Crippen molar-refractivity contribution in [2.45, 2.75) is 77.3 Å². The molecular weight excluding hydrogens is 244 g/mol. The second kappa shape index (κ2) is 9.95. The van der Waals surface area contributed by atoms with E-state index in [4.69, 9.17) is 11.5 Å². The van der Waals surface area contributed by atoms with Crippen LogP contribution >= 0.6 is 0 Å². The molecule has 0 heterocycles. The second-order valence-electron chi connectivity index (χ2n) is 5.99. The molecule has 0 spiro atoms. The largest absolute Gasteiger partial charge is 0.328 e. The van der Waals surface area contributed by atoms with Gasteiger partial charge in [-0.25, -0.2) is 0 Å². The summed E-state index contributed by atoms with van der Waals surface area (Å²) in [5, 5.41) is 0. The van der Waals surface area contributed by atoms with E-state index in [1.165, 1.54) is 24.0 Å². The Morgan fingerprint density at radius 3 is 1.35 bits per heavy atom. The van der Waals surface area contributed by atoms with Gasteiger partial charge in [-0.05, 0) is 49.7 Å². The lowest BCUT2D eigenvalue weighted by molar-refractivity contribution is 0.559. The Morgan fingerprint density at radius 2 is 1.05 bits per heavy atom. The smallest absolute Gasteiger partial charge is 0.00418 e. The van der Waals surface area contributed by atoms with E-state index >= 15 is 0 Å². The van der Waals surface area contributed by atoms with E-state index in [1.54, 1.807) is 0 Å². The van der Waals surface area contributed by atoms with Crippen LogP contribution in [0.1, 0.15) is 63.5 Å². The Morgan fingerprint density at radius 1 is 0.700 bits per heavy atom. The van der Waals surface area contributed by atoms with Crippen LogP contribution in [0.5, 0.6) is 0 Å². The summed E-state index contributed by atoms with van der Waals surface area (Å²) in [4.78, 5) is 0. The highest BCUT2D eigenvalue weighted by Crippen LogP contribution is 2.12. The molecule has 0 aliphatic heterocycles. The Bertz CT molecular complexity index is 310. The van der Waals surface area contributed by atoms with Crippen molar-refractivity contribution < 1.29 is 0 Å². The van der Waals surface area contributed by atoms with Crippen LogP contribution in [0.15, 0.2) is 24.3 Å². The van der Waals surface area contributed by atoms with Crippen LogP contribution < -0.4 is 11.5 Å². The first-order valence-electron chi connectivity index (χ1n) is 8.24. The minimum absolute atomic E-state index is 0.353. The molecule has 1 aromatic carbocycles. The summed E-state index contributed by atoms with van der Waals surface area (Å²) >= 11 is 0. The van der Waals surface area contributed by atoms with Gasteiger partial charge in [-0.1, -0.05) is 51.0 Å². The van der Waals surface area contributed by atoms with Gasteiger partial charge in [-0.3, -0.25) is 0 Å². The molecule has 0 aliphatic carbocycles. The van der Waals surface area contributed by atoms with Gasteiger partial charge in [0.2, 0.25) is 0 Å². The van der Waals surface area contributed by atoms with E-state index in [0.29, 0.717) is 12.1 Å². The van der Waals surface area contributed by atoms with Crippen molar-refractivity contribution >= 4 is 0 Å². The van der Waals surface area contributed by atoms with Crippen molar-refractivity contribution in [3.63, 3.8) is 0 Å². The summed E-state index contributed by atoms with van der Waals surface area (Å²) < 4.78 is 0. The molecule has 0 aromatic heterocycles. The molecule has 0 saturated carbocycles. The van der Waals surface area contributed by atoms with Crippen LogP contribution in [0.25, 0.3) is 0 Å². The molecule has 20 heavy (non-hydrogen) atoms. The SMILES string of the molecule is CCCC(N)CCc1ccc(CCC(N)CCC)cc1. The highest BCUT2D eigenvalue weighted by Gasteiger charge is 2.04. The molecule has 0 radical (unpaired) electrons. The first kappa shape index (κ1) is 17.2. The molecule has 0 fully saturated rings. The van der Waals surface area contributed by atoms with Crippen molar-refractivity contribution in [1.82, 2.24) is 0 Å². The van der Waals surface area contributed by atoms with Crippen molar-refractivity contribution in [2.24, 2.45) is 11.5 Å². The first-order chi connectivity index (χ1) is 9.65. The number of nitrogens with two attached hydrogens (primary N) is 2. The Labute approximate surface area is 124 Å². The molecule has 2 heteroatoms. The maximum absolute atomic E-state index is 6.06. The molecule has 0 amide bonds. The summed E-state index contributed by atoms with van der Waals surface area (Å²) in [6, 6.07) is 9.70. The average molecular weight is 276 g/mol. The Kier molecular flexibility index (Phi) is 8.56. The molecule has 2 unspecified atom stereocenters. The van der Waals surface area contributed by atoms with Gasteiger partial charge in [0.05, 0.1) is 0 Å². The predicted molar refractivity (Wildman–Crippen MR) is 88.9 cm³/mol. The van der Waals surface area contributed by atoms with Gasteiger partial charge in [0.15, 0.2) is 0 Å². The lowest BCUT2D eigenvalue weighted by atomic mass is 9.99. The topological polar surface area (TPSA) is 52.0 Å². The molecule has 1 aromatic rings. The highest BCUT2D eigenvalue weighted by molar-refractivity contribution is 5.23. The Balaban J connectivity index is 2.32. The van der Waals surface area contributed by atoms with Gasteiger partial charge < -0.3 is 11.5 Å².